The number of aryl methyl sites for hydroxylation is 1. The predicted molar refractivity (Wildman–Crippen MR) is 87.7 cm³/mol. The molecule has 1 aromatic heterocycles. The summed E-state index contributed by atoms with van der Waals surface area (Å²) in [5.74, 6) is -0.0897. The van der Waals surface area contributed by atoms with E-state index >= 15 is 0 Å². The number of benzene rings is 1. The summed E-state index contributed by atoms with van der Waals surface area (Å²) in [7, 11) is 0. The lowest BCUT2D eigenvalue weighted by atomic mass is 10.1. The minimum Gasteiger partial charge on any atom is -0.348 e. The fourth-order valence-corrected chi connectivity index (χ4v) is 1.99. The van der Waals surface area contributed by atoms with E-state index in [2.05, 4.69) is 41.5 Å². The summed E-state index contributed by atoms with van der Waals surface area (Å²) in [6.45, 7) is 2.74. The van der Waals surface area contributed by atoms with Crippen molar-refractivity contribution in [2.24, 2.45) is 0 Å². The van der Waals surface area contributed by atoms with Gasteiger partial charge in [0, 0.05) is 18.9 Å². The van der Waals surface area contributed by atoms with Crippen molar-refractivity contribution in [1.29, 1.82) is 0 Å². The fraction of sp³-hybridized carbons (Fsp3) is 0.294. The zero-order chi connectivity index (χ0) is 14.2. The molecule has 21 heavy (non-hydrogen) atoms. The molecule has 1 heterocycles. The summed E-state index contributed by atoms with van der Waals surface area (Å²) < 4.78 is 0. The maximum Gasteiger partial charge on any atom is 0.253 e. The van der Waals surface area contributed by atoms with Crippen LogP contribution in [0.1, 0.15) is 41.3 Å². The van der Waals surface area contributed by atoms with Crippen LogP contribution in [-0.4, -0.2) is 10.9 Å². The molecule has 112 valence electrons. The summed E-state index contributed by atoms with van der Waals surface area (Å²) in [6.07, 6.45) is 6.79. The minimum atomic E-state index is -0.0897. The van der Waals surface area contributed by atoms with Gasteiger partial charge in [-0.1, -0.05) is 37.6 Å². The molecule has 1 N–H and O–H groups in total. The fourth-order valence-electron chi connectivity index (χ4n) is 1.99. The molecule has 0 radical (unpaired) electrons. The van der Waals surface area contributed by atoms with Gasteiger partial charge in [-0.15, -0.1) is 12.4 Å². The van der Waals surface area contributed by atoms with Crippen LogP contribution in [0, 0.1) is 0 Å². The van der Waals surface area contributed by atoms with E-state index in [1.807, 2.05) is 0 Å². The molecule has 0 bridgehead atoms. The Bertz CT molecular complexity index is 540. The average Bonchev–Trinajstić information content (AvgIpc) is 2.52. The molecule has 0 saturated carbocycles. The first kappa shape index (κ1) is 17.2. The predicted octanol–water partition coefficient (Wildman–Crippen LogP) is 3.78. The van der Waals surface area contributed by atoms with E-state index in [9.17, 15) is 4.79 Å². The summed E-state index contributed by atoms with van der Waals surface area (Å²) in [4.78, 5) is 15.8. The van der Waals surface area contributed by atoms with Crippen molar-refractivity contribution < 1.29 is 4.79 Å². The Morgan fingerprint density at radius 1 is 1.14 bits per heavy atom. The standard InChI is InChI=1S/C17H20N2O.ClH/c1-2-3-5-14-7-9-15(10-8-14)12-19-17(20)16-6-4-11-18-13-16;/h4,6-11,13H,2-3,5,12H2,1H3,(H,19,20);1H. The van der Waals surface area contributed by atoms with Gasteiger partial charge in [0.25, 0.3) is 5.91 Å². The first-order valence-electron chi connectivity index (χ1n) is 7.05. The van der Waals surface area contributed by atoms with Crippen LogP contribution in [0.4, 0.5) is 0 Å². The van der Waals surface area contributed by atoms with Gasteiger partial charge in [-0.25, -0.2) is 0 Å². The molecule has 4 heteroatoms. The number of amides is 1. The number of pyridine rings is 1. The number of rotatable bonds is 6. The number of carbonyl (C=O) groups is 1. The van der Waals surface area contributed by atoms with Gasteiger partial charge >= 0.3 is 0 Å². The van der Waals surface area contributed by atoms with Crippen LogP contribution in [0.25, 0.3) is 0 Å². The molecular formula is C17H21ClN2O. The maximum absolute atomic E-state index is 11.9. The summed E-state index contributed by atoms with van der Waals surface area (Å²) in [5, 5.41) is 2.90. The zero-order valence-corrected chi connectivity index (χ0v) is 13.0. The minimum absolute atomic E-state index is 0. The zero-order valence-electron chi connectivity index (χ0n) is 12.2. The molecule has 1 aromatic carbocycles. The molecule has 2 aromatic rings. The maximum atomic E-state index is 11.9. The van der Waals surface area contributed by atoms with Crippen LogP contribution < -0.4 is 5.32 Å². The van der Waals surface area contributed by atoms with Gasteiger partial charge < -0.3 is 5.32 Å². The molecule has 1 amide bonds. The molecular weight excluding hydrogens is 284 g/mol. The van der Waals surface area contributed by atoms with Crippen molar-refractivity contribution in [2.45, 2.75) is 32.7 Å². The monoisotopic (exact) mass is 304 g/mol. The first-order valence-corrected chi connectivity index (χ1v) is 7.05. The second-order valence-electron chi connectivity index (χ2n) is 4.84. The van der Waals surface area contributed by atoms with Crippen LogP contribution in [0.2, 0.25) is 0 Å². The normalized spacial score (nSPS) is 9.76. The third-order valence-electron chi connectivity index (χ3n) is 3.22. The van der Waals surface area contributed by atoms with Crippen molar-refractivity contribution in [3.63, 3.8) is 0 Å². The largest absolute Gasteiger partial charge is 0.348 e. The third-order valence-corrected chi connectivity index (χ3v) is 3.22. The molecule has 0 unspecified atom stereocenters. The van der Waals surface area contributed by atoms with Gasteiger partial charge in [0.15, 0.2) is 0 Å². The van der Waals surface area contributed by atoms with Crippen molar-refractivity contribution in [2.75, 3.05) is 0 Å². The van der Waals surface area contributed by atoms with E-state index in [1.165, 1.54) is 18.4 Å². The van der Waals surface area contributed by atoms with Gasteiger partial charge in [0.2, 0.25) is 0 Å². The van der Waals surface area contributed by atoms with Gasteiger partial charge in [0.05, 0.1) is 5.56 Å². The molecule has 0 saturated heterocycles. The average molecular weight is 305 g/mol. The molecule has 0 aliphatic heterocycles. The Kier molecular flexibility index (Phi) is 7.48. The van der Waals surface area contributed by atoms with E-state index in [4.69, 9.17) is 0 Å². The molecule has 0 aliphatic rings. The lowest BCUT2D eigenvalue weighted by molar-refractivity contribution is 0.0950. The van der Waals surface area contributed by atoms with Crippen molar-refractivity contribution >= 4 is 18.3 Å². The van der Waals surface area contributed by atoms with E-state index in [0.717, 1.165) is 12.0 Å². The number of hydrogen-bond acceptors (Lipinski definition) is 2. The highest BCUT2D eigenvalue weighted by atomic mass is 35.5. The molecule has 0 fully saturated rings. The quantitative estimate of drug-likeness (QED) is 0.882. The lowest BCUT2D eigenvalue weighted by Gasteiger charge is -2.06. The van der Waals surface area contributed by atoms with E-state index in [1.54, 1.807) is 24.5 Å². The Morgan fingerprint density at radius 3 is 2.48 bits per heavy atom. The van der Waals surface area contributed by atoms with E-state index in [0.29, 0.717) is 12.1 Å². The number of nitrogens with one attached hydrogen (secondary N) is 1. The van der Waals surface area contributed by atoms with Gasteiger partial charge in [0.1, 0.15) is 0 Å². The van der Waals surface area contributed by atoms with Gasteiger partial charge in [-0.05, 0) is 36.1 Å². The van der Waals surface area contributed by atoms with Crippen LogP contribution in [-0.2, 0) is 13.0 Å². The van der Waals surface area contributed by atoms with Crippen LogP contribution in [0.3, 0.4) is 0 Å². The molecule has 3 nitrogen and oxygen atoms in total. The van der Waals surface area contributed by atoms with Crippen molar-refractivity contribution in [3.05, 3.63) is 65.5 Å². The summed E-state index contributed by atoms with van der Waals surface area (Å²) in [6, 6.07) is 12.0. The highest BCUT2D eigenvalue weighted by Gasteiger charge is 2.04. The number of aromatic nitrogens is 1. The summed E-state index contributed by atoms with van der Waals surface area (Å²) in [5.41, 5.74) is 3.06. The highest BCUT2D eigenvalue weighted by Crippen LogP contribution is 2.08. The number of nitrogens with zero attached hydrogens (tertiary/aromatic N) is 1. The van der Waals surface area contributed by atoms with Crippen LogP contribution in [0.15, 0.2) is 48.8 Å². The second-order valence-corrected chi connectivity index (χ2v) is 4.84. The first-order chi connectivity index (χ1) is 9.79. The number of carbonyl (C=O) groups excluding carboxylic acids is 1. The number of unbranched alkanes of at least 4 members (excludes halogenated alkanes) is 1. The lowest BCUT2D eigenvalue weighted by Crippen LogP contribution is -2.22. The summed E-state index contributed by atoms with van der Waals surface area (Å²) >= 11 is 0. The molecule has 0 spiro atoms. The van der Waals surface area contributed by atoms with E-state index in [-0.39, 0.29) is 18.3 Å². The molecule has 0 aliphatic carbocycles. The number of hydrogen-bond donors (Lipinski definition) is 1. The van der Waals surface area contributed by atoms with E-state index < -0.39 is 0 Å². The third kappa shape index (κ3) is 5.56. The number of halogens is 1. The van der Waals surface area contributed by atoms with Crippen LogP contribution in [0.5, 0.6) is 0 Å². The van der Waals surface area contributed by atoms with Crippen molar-refractivity contribution in [1.82, 2.24) is 10.3 Å². The highest BCUT2D eigenvalue weighted by molar-refractivity contribution is 5.93. The molecule has 2 rings (SSSR count). The second kappa shape index (κ2) is 9.14. The van der Waals surface area contributed by atoms with Crippen molar-refractivity contribution in [3.8, 4) is 0 Å². The van der Waals surface area contributed by atoms with Gasteiger partial charge in [-0.2, -0.15) is 0 Å². The topological polar surface area (TPSA) is 42.0 Å². The Labute approximate surface area is 132 Å². The van der Waals surface area contributed by atoms with Gasteiger partial charge in [-0.3, -0.25) is 9.78 Å². The Balaban J connectivity index is 0.00000220. The Hall–Kier alpha value is -1.87. The SMILES string of the molecule is CCCCc1ccc(CNC(=O)c2cccnc2)cc1.Cl. The smallest absolute Gasteiger partial charge is 0.253 e. The van der Waals surface area contributed by atoms with Crippen LogP contribution >= 0.6 is 12.4 Å². The Morgan fingerprint density at radius 2 is 1.86 bits per heavy atom. The molecule has 0 atom stereocenters.